The molecule has 4 aromatic rings. The second-order valence-corrected chi connectivity index (χ2v) is 6.37. The van der Waals surface area contributed by atoms with E-state index in [9.17, 15) is 14.4 Å². The molecule has 2 aromatic carbocycles. The Kier molecular flexibility index (Phi) is 4.87. The fourth-order valence-corrected chi connectivity index (χ4v) is 3.24. The number of ether oxygens (including phenoxy) is 2. The Labute approximate surface area is 165 Å². The molecule has 4 rings (SSSR count). The highest BCUT2D eigenvalue weighted by Gasteiger charge is 2.15. The van der Waals surface area contributed by atoms with Gasteiger partial charge >= 0.3 is 11.9 Å². The number of hydrogen-bond donors (Lipinski definition) is 0. The summed E-state index contributed by atoms with van der Waals surface area (Å²) in [6.07, 6.45) is 0. The van der Waals surface area contributed by atoms with Crippen LogP contribution in [-0.2, 0) is 27.4 Å². The van der Waals surface area contributed by atoms with Crippen molar-refractivity contribution in [2.75, 3.05) is 7.11 Å². The van der Waals surface area contributed by atoms with Crippen LogP contribution >= 0.6 is 0 Å². The van der Waals surface area contributed by atoms with Gasteiger partial charge in [-0.05, 0) is 36.4 Å². The molecule has 2 aromatic heterocycles. The van der Waals surface area contributed by atoms with Crippen molar-refractivity contribution in [3.63, 3.8) is 0 Å². The topological polar surface area (TPSA) is 87.7 Å². The number of benzene rings is 2. The van der Waals surface area contributed by atoms with Crippen molar-refractivity contribution in [2.45, 2.75) is 13.2 Å². The summed E-state index contributed by atoms with van der Waals surface area (Å²) in [4.78, 5) is 36.7. The Morgan fingerprint density at radius 1 is 0.931 bits per heavy atom. The van der Waals surface area contributed by atoms with E-state index in [1.165, 1.54) is 13.2 Å². The average molecular weight is 391 g/mol. The summed E-state index contributed by atoms with van der Waals surface area (Å²) in [5.41, 5.74) is 1.23. The van der Waals surface area contributed by atoms with Crippen LogP contribution in [0.3, 0.4) is 0 Å². The second kappa shape index (κ2) is 7.63. The van der Waals surface area contributed by atoms with Gasteiger partial charge in [-0.15, -0.1) is 0 Å². The van der Waals surface area contributed by atoms with Crippen molar-refractivity contribution in [3.8, 4) is 0 Å². The molecule has 146 valence electrons. The number of fused-ring (bicyclic) bond motifs is 2. The molecule has 0 unspecified atom stereocenters. The molecule has 0 amide bonds. The summed E-state index contributed by atoms with van der Waals surface area (Å²) in [5.74, 6) is -0.738. The van der Waals surface area contributed by atoms with Crippen LogP contribution in [0.2, 0.25) is 0 Å². The van der Waals surface area contributed by atoms with E-state index in [0.29, 0.717) is 27.6 Å². The minimum Gasteiger partial charge on any atom is -0.463 e. The molecule has 0 aliphatic heterocycles. The van der Waals surface area contributed by atoms with Crippen LogP contribution in [0, 0.1) is 0 Å². The molecule has 0 aliphatic carbocycles. The van der Waals surface area contributed by atoms with E-state index >= 15 is 0 Å². The lowest BCUT2D eigenvalue weighted by atomic mass is 10.1. The van der Waals surface area contributed by atoms with Gasteiger partial charge in [0.1, 0.15) is 18.9 Å². The first-order valence-electron chi connectivity index (χ1n) is 8.91. The third-order valence-electron chi connectivity index (χ3n) is 4.59. The number of esters is 2. The van der Waals surface area contributed by atoms with E-state index in [1.807, 2.05) is 12.1 Å². The highest BCUT2D eigenvalue weighted by atomic mass is 16.6. The quantitative estimate of drug-likeness (QED) is 0.383. The van der Waals surface area contributed by atoms with Crippen LogP contribution in [0.4, 0.5) is 0 Å². The van der Waals surface area contributed by atoms with E-state index in [4.69, 9.17) is 9.15 Å². The molecule has 0 bridgehead atoms. The monoisotopic (exact) mass is 391 g/mol. The van der Waals surface area contributed by atoms with Crippen LogP contribution in [-0.4, -0.2) is 23.6 Å². The maximum atomic E-state index is 12.7. The lowest BCUT2D eigenvalue weighted by Crippen LogP contribution is -2.18. The zero-order chi connectivity index (χ0) is 20.4. The lowest BCUT2D eigenvalue weighted by Gasteiger charge is -2.14. The Hall–Kier alpha value is -3.87. The Bertz CT molecular complexity index is 1220. The fraction of sp³-hybridized carbons (Fsp3) is 0.136. The Morgan fingerprint density at radius 2 is 1.55 bits per heavy atom. The van der Waals surface area contributed by atoms with Crippen molar-refractivity contribution >= 4 is 33.7 Å². The summed E-state index contributed by atoms with van der Waals surface area (Å²) in [6.45, 7) is -0.197. The number of rotatable bonds is 5. The number of pyridine rings is 1. The summed E-state index contributed by atoms with van der Waals surface area (Å²) in [6, 6.07) is 17.3. The predicted molar refractivity (Wildman–Crippen MR) is 106 cm³/mol. The first kappa shape index (κ1) is 18.5. The van der Waals surface area contributed by atoms with Gasteiger partial charge in [0, 0.05) is 10.8 Å². The highest BCUT2D eigenvalue weighted by molar-refractivity contribution is 5.94. The standard InChI is InChI=1S/C22H17NO6/c1-27-22(26)19-11-10-14(29-19)13-28-20(24)12-23-17-8-4-2-6-15(17)21(25)16-7-3-5-9-18(16)23/h2-11H,12-13H2,1H3. The molecule has 0 spiro atoms. The first-order chi connectivity index (χ1) is 14.1. The summed E-state index contributed by atoms with van der Waals surface area (Å²) in [5, 5.41) is 1.07. The Balaban J connectivity index is 1.61. The molecular formula is C22H17NO6. The minimum absolute atomic E-state index is 0.0379. The van der Waals surface area contributed by atoms with Crippen LogP contribution in [0.15, 0.2) is 69.9 Å². The first-order valence-corrected chi connectivity index (χ1v) is 8.91. The number of carbonyl (C=O) groups is 2. The van der Waals surface area contributed by atoms with Gasteiger partial charge in [0.25, 0.3) is 0 Å². The SMILES string of the molecule is COC(=O)c1ccc(COC(=O)Cn2c3ccccc3c(=O)c3ccccc32)o1. The molecule has 7 heteroatoms. The summed E-state index contributed by atoms with van der Waals surface area (Å²) >= 11 is 0. The fourth-order valence-electron chi connectivity index (χ4n) is 3.24. The zero-order valence-electron chi connectivity index (χ0n) is 15.6. The van der Waals surface area contributed by atoms with Crippen LogP contribution in [0.5, 0.6) is 0 Å². The van der Waals surface area contributed by atoms with E-state index < -0.39 is 11.9 Å². The maximum absolute atomic E-state index is 12.7. The maximum Gasteiger partial charge on any atom is 0.373 e. The van der Waals surface area contributed by atoms with Crippen LogP contribution in [0.25, 0.3) is 21.8 Å². The third-order valence-corrected chi connectivity index (χ3v) is 4.59. The molecule has 2 heterocycles. The smallest absolute Gasteiger partial charge is 0.373 e. The molecular weight excluding hydrogens is 374 g/mol. The van der Waals surface area contributed by atoms with Crippen molar-refractivity contribution in [1.82, 2.24) is 4.57 Å². The number of aromatic nitrogens is 1. The number of nitrogens with zero attached hydrogens (tertiary/aromatic N) is 1. The van der Waals surface area contributed by atoms with Crippen molar-refractivity contribution in [3.05, 3.63) is 82.4 Å². The molecule has 0 N–H and O–H groups in total. The molecule has 0 fully saturated rings. The molecule has 0 radical (unpaired) electrons. The zero-order valence-corrected chi connectivity index (χ0v) is 15.6. The number of hydrogen-bond acceptors (Lipinski definition) is 6. The van der Waals surface area contributed by atoms with Crippen molar-refractivity contribution < 1.29 is 23.5 Å². The number of para-hydroxylation sites is 2. The van der Waals surface area contributed by atoms with Crippen molar-refractivity contribution in [2.24, 2.45) is 0 Å². The summed E-state index contributed by atoms with van der Waals surface area (Å²) in [7, 11) is 1.25. The molecule has 29 heavy (non-hydrogen) atoms. The van der Waals surface area contributed by atoms with Gasteiger partial charge in [-0.3, -0.25) is 9.59 Å². The normalized spacial score (nSPS) is 10.9. The van der Waals surface area contributed by atoms with Crippen LogP contribution < -0.4 is 5.43 Å². The second-order valence-electron chi connectivity index (χ2n) is 6.37. The van der Waals surface area contributed by atoms with E-state index in [2.05, 4.69) is 4.74 Å². The van der Waals surface area contributed by atoms with Gasteiger partial charge in [-0.2, -0.15) is 0 Å². The number of furan rings is 1. The molecule has 0 saturated heterocycles. The average Bonchev–Trinajstić information content (AvgIpc) is 3.24. The largest absolute Gasteiger partial charge is 0.463 e. The van der Waals surface area contributed by atoms with Crippen molar-refractivity contribution in [1.29, 1.82) is 0 Å². The summed E-state index contributed by atoms with van der Waals surface area (Å²) < 4.78 is 16.9. The number of carbonyl (C=O) groups excluding carboxylic acids is 2. The molecule has 7 nitrogen and oxygen atoms in total. The van der Waals surface area contributed by atoms with Crippen LogP contribution in [0.1, 0.15) is 16.3 Å². The van der Waals surface area contributed by atoms with Gasteiger partial charge in [0.2, 0.25) is 5.76 Å². The third kappa shape index (κ3) is 3.50. The van der Waals surface area contributed by atoms with Gasteiger partial charge < -0.3 is 18.5 Å². The van der Waals surface area contributed by atoms with Gasteiger partial charge in [0.05, 0.1) is 18.1 Å². The van der Waals surface area contributed by atoms with Gasteiger partial charge in [-0.25, -0.2) is 4.79 Å². The van der Waals surface area contributed by atoms with E-state index in [-0.39, 0.29) is 24.3 Å². The number of methoxy groups -OCH3 is 1. The molecule has 0 aliphatic rings. The van der Waals surface area contributed by atoms with Gasteiger partial charge in [-0.1, -0.05) is 24.3 Å². The van der Waals surface area contributed by atoms with Gasteiger partial charge in [0.15, 0.2) is 5.43 Å². The van der Waals surface area contributed by atoms with E-state index in [1.54, 1.807) is 47.0 Å². The van der Waals surface area contributed by atoms with E-state index in [0.717, 1.165) is 0 Å². The molecule has 0 atom stereocenters. The molecule has 0 saturated carbocycles. The Morgan fingerprint density at radius 3 is 2.17 bits per heavy atom. The highest BCUT2D eigenvalue weighted by Crippen LogP contribution is 2.19. The lowest BCUT2D eigenvalue weighted by molar-refractivity contribution is -0.146. The minimum atomic E-state index is -0.603. The predicted octanol–water partition coefficient (Wildman–Crippen LogP) is 3.28.